The van der Waals surface area contributed by atoms with Gasteiger partial charge in [0, 0.05) is 6.20 Å². The summed E-state index contributed by atoms with van der Waals surface area (Å²) in [5.74, 6) is 1.62. The maximum absolute atomic E-state index is 12.5. The standard InChI is InChI=1S/C24H23N3O4/c1-17-6-5-7-18(12-17)14-27-15-19(13-25-27)26-24(28)23-11-10-20(31-23)16-30-22-9-4-3-8-21(22)29-2/h3-13,15H,14,16H2,1-2H3,(H,26,28). The zero-order valence-electron chi connectivity index (χ0n) is 17.4. The summed E-state index contributed by atoms with van der Waals surface area (Å²) < 4.78 is 18.4. The van der Waals surface area contributed by atoms with Gasteiger partial charge < -0.3 is 19.2 Å². The Labute approximate surface area is 180 Å². The molecule has 4 rings (SSSR count). The molecule has 31 heavy (non-hydrogen) atoms. The van der Waals surface area contributed by atoms with Crippen molar-refractivity contribution in [3.63, 3.8) is 0 Å². The highest BCUT2D eigenvalue weighted by Gasteiger charge is 2.13. The number of hydrogen-bond acceptors (Lipinski definition) is 5. The van der Waals surface area contributed by atoms with E-state index in [1.165, 1.54) is 5.56 Å². The van der Waals surface area contributed by atoms with Crippen molar-refractivity contribution in [2.45, 2.75) is 20.1 Å². The Morgan fingerprint density at radius 1 is 1.10 bits per heavy atom. The lowest BCUT2D eigenvalue weighted by atomic mass is 10.1. The first kappa shape index (κ1) is 20.3. The van der Waals surface area contributed by atoms with E-state index in [2.05, 4.69) is 29.5 Å². The van der Waals surface area contributed by atoms with Crippen LogP contribution in [-0.2, 0) is 13.2 Å². The summed E-state index contributed by atoms with van der Waals surface area (Å²) in [7, 11) is 1.58. The second kappa shape index (κ2) is 9.21. The van der Waals surface area contributed by atoms with E-state index < -0.39 is 0 Å². The van der Waals surface area contributed by atoms with E-state index in [4.69, 9.17) is 13.9 Å². The number of carbonyl (C=O) groups excluding carboxylic acids is 1. The number of nitrogens with zero attached hydrogens (tertiary/aromatic N) is 2. The topological polar surface area (TPSA) is 78.5 Å². The summed E-state index contributed by atoms with van der Waals surface area (Å²) in [6, 6.07) is 18.9. The van der Waals surface area contributed by atoms with Crippen LogP contribution in [0, 0.1) is 6.92 Å². The molecule has 2 aromatic carbocycles. The van der Waals surface area contributed by atoms with E-state index in [1.807, 2.05) is 36.4 Å². The molecule has 1 amide bonds. The van der Waals surface area contributed by atoms with Gasteiger partial charge in [-0.2, -0.15) is 5.10 Å². The lowest BCUT2D eigenvalue weighted by Crippen LogP contribution is -2.10. The maximum atomic E-state index is 12.5. The minimum absolute atomic E-state index is 0.183. The van der Waals surface area contributed by atoms with Crippen LogP contribution in [0.3, 0.4) is 0 Å². The lowest BCUT2D eigenvalue weighted by molar-refractivity contribution is 0.0992. The monoisotopic (exact) mass is 417 g/mol. The Bertz CT molecular complexity index is 1180. The molecule has 1 N–H and O–H groups in total. The Hall–Kier alpha value is -4.00. The zero-order chi connectivity index (χ0) is 21.6. The van der Waals surface area contributed by atoms with E-state index in [9.17, 15) is 4.79 Å². The average molecular weight is 417 g/mol. The van der Waals surface area contributed by atoms with Crippen molar-refractivity contribution in [2.75, 3.05) is 12.4 Å². The molecule has 4 aromatic rings. The quantitative estimate of drug-likeness (QED) is 0.451. The number of aromatic nitrogens is 2. The number of nitrogens with one attached hydrogen (secondary N) is 1. The van der Waals surface area contributed by atoms with Gasteiger partial charge in [0.15, 0.2) is 17.3 Å². The average Bonchev–Trinajstić information content (AvgIpc) is 3.42. The molecule has 0 fully saturated rings. The molecular formula is C24H23N3O4. The molecule has 7 nitrogen and oxygen atoms in total. The molecule has 2 aromatic heterocycles. The molecule has 0 unspecified atom stereocenters. The molecule has 0 atom stereocenters. The van der Waals surface area contributed by atoms with Crippen molar-refractivity contribution >= 4 is 11.6 Å². The van der Waals surface area contributed by atoms with Crippen LogP contribution in [0.25, 0.3) is 0 Å². The largest absolute Gasteiger partial charge is 0.493 e. The molecule has 0 bridgehead atoms. The molecule has 0 saturated heterocycles. The number of carbonyl (C=O) groups is 1. The van der Waals surface area contributed by atoms with Crippen LogP contribution in [0.15, 0.2) is 77.5 Å². The molecule has 0 spiro atoms. The van der Waals surface area contributed by atoms with Gasteiger partial charge in [-0.05, 0) is 36.8 Å². The van der Waals surface area contributed by atoms with Crippen molar-refractivity contribution in [2.24, 2.45) is 0 Å². The summed E-state index contributed by atoms with van der Waals surface area (Å²) >= 11 is 0. The SMILES string of the molecule is COc1ccccc1OCc1ccc(C(=O)Nc2cnn(Cc3cccc(C)c3)c2)o1. The third-order valence-electron chi connectivity index (χ3n) is 4.64. The highest BCUT2D eigenvalue weighted by atomic mass is 16.5. The van der Waals surface area contributed by atoms with Gasteiger partial charge in [-0.1, -0.05) is 42.0 Å². The first-order valence-electron chi connectivity index (χ1n) is 9.84. The number of benzene rings is 2. The fourth-order valence-electron chi connectivity index (χ4n) is 3.17. The molecule has 7 heteroatoms. The van der Waals surface area contributed by atoms with Crippen LogP contribution in [0.2, 0.25) is 0 Å². The molecule has 0 aliphatic heterocycles. The predicted molar refractivity (Wildman–Crippen MR) is 116 cm³/mol. The third kappa shape index (κ3) is 5.14. The summed E-state index contributed by atoms with van der Waals surface area (Å²) in [5, 5.41) is 7.12. The predicted octanol–water partition coefficient (Wildman–Crippen LogP) is 4.67. The first-order chi connectivity index (χ1) is 15.1. The van der Waals surface area contributed by atoms with Crippen molar-refractivity contribution in [3.8, 4) is 11.5 Å². The Kier molecular flexibility index (Phi) is 6.03. The number of rotatable bonds is 8. The van der Waals surface area contributed by atoms with E-state index in [1.54, 1.807) is 36.3 Å². The number of para-hydroxylation sites is 2. The second-order valence-corrected chi connectivity index (χ2v) is 7.08. The number of ether oxygens (including phenoxy) is 2. The lowest BCUT2D eigenvalue weighted by Gasteiger charge is -2.08. The molecular weight excluding hydrogens is 394 g/mol. The molecule has 0 aliphatic carbocycles. The fraction of sp³-hybridized carbons (Fsp3) is 0.167. The Morgan fingerprint density at radius 2 is 1.94 bits per heavy atom. The summed E-state index contributed by atoms with van der Waals surface area (Å²) in [6.07, 6.45) is 3.40. The summed E-state index contributed by atoms with van der Waals surface area (Å²) in [6.45, 7) is 2.86. The number of anilines is 1. The highest BCUT2D eigenvalue weighted by Crippen LogP contribution is 2.27. The van der Waals surface area contributed by atoms with E-state index in [0.717, 1.165) is 5.56 Å². The maximum Gasteiger partial charge on any atom is 0.291 e. The van der Waals surface area contributed by atoms with Crippen molar-refractivity contribution < 1.29 is 18.7 Å². The number of aryl methyl sites for hydroxylation is 1. The van der Waals surface area contributed by atoms with Gasteiger partial charge in [-0.3, -0.25) is 9.48 Å². The van der Waals surface area contributed by atoms with Crippen LogP contribution < -0.4 is 14.8 Å². The van der Waals surface area contributed by atoms with Crippen molar-refractivity contribution in [3.05, 3.63) is 95.7 Å². The van der Waals surface area contributed by atoms with Crippen molar-refractivity contribution in [1.82, 2.24) is 9.78 Å². The van der Waals surface area contributed by atoms with Crippen LogP contribution in [0.5, 0.6) is 11.5 Å². The number of hydrogen-bond donors (Lipinski definition) is 1. The van der Waals surface area contributed by atoms with Crippen LogP contribution in [0.4, 0.5) is 5.69 Å². The molecule has 0 radical (unpaired) electrons. The van der Waals surface area contributed by atoms with Crippen LogP contribution >= 0.6 is 0 Å². The highest BCUT2D eigenvalue weighted by molar-refractivity contribution is 6.02. The van der Waals surface area contributed by atoms with Crippen molar-refractivity contribution in [1.29, 1.82) is 0 Å². The minimum Gasteiger partial charge on any atom is -0.493 e. The van der Waals surface area contributed by atoms with E-state index in [0.29, 0.717) is 29.5 Å². The van der Waals surface area contributed by atoms with Gasteiger partial charge in [0.2, 0.25) is 0 Å². The normalized spacial score (nSPS) is 10.6. The van der Waals surface area contributed by atoms with Gasteiger partial charge >= 0.3 is 0 Å². The Morgan fingerprint density at radius 3 is 2.74 bits per heavy atom. The van der Waals surface area contributed by atoms with Gasteiger partial charge in [-0.15, -0.1) is 0 Å². The van der Waals surface area contributed by atoms with Gasteiger partial charge in [0.05, 0.1) is 25.5 Å². The third-order valence-corrected chi connectivity index (χ3v) is 4.64. The van der Waals surface area contributed by atoms with E-state index in [-0.39, 0.29) is 18.3 Å². The second-order valence-electron chi connectivity index (χ2n) is 7.08. The van der Waals surface area contributed by atoms with Crippen LogP contribution in [0.1, 0.15) is 27.4 Å². The summed E-state index contributed by atoms with van der Waals surface area (Å²) in [5.41, 5.74) is 2.94. The van der Waals surface area contributed by atoms with Crippen LogP contribution in [-0.4, -0.2) is 22.8 Å². The van der Waals surface area contributed by atoms with E-state index >= 15 is 0 Å². The number of amides is 1. The smallest absolute Gasteiger partial charge is 0.291 e. The van der Waals surface area contributed by atoms with Gasteiger partial charge in [0.25, 0.3) is 5.91 Å². The Balaban J connectivity index is 1.34. The minimum atomic E-state index is -0.348. The molecule has 158 valence electrons. The number of furan rings is 1. The number of methoxy groups -OCH3 is 1. The molecule has 0 saturated carbocycles. The van der Waals surface area contributed by atoms with Gasteiger partial charge in [-0.25, -0.2) is 0 Å². The molecule has 0 aliphatic rings. The molecule has 2 heterocycles. The summed E-state index contributed by atoms with van der Waals surface area (Å²) in [4.78, 5) is 12.5. The van der Waals surface area contributed by atoms with Gasteiger partial charge in [0.1, 0.15) is 12.4 Å². The fourth-order valence-corrected chi connectivity index (χ4v) is 3.17. The first-order valence-corrected chi connectivity index (χ1v) is 9.84. The zero-order valence-corrected chi connectivity index (χ0v) is 17.4.